The molecule has 4 unspecified atom stereocenters. The summed E-state index contributed by atoms with van der Waals surface area (Å²) in [6, 6.07) is 0. The molecular formula is C20H18Br4. The van der Waals surface area contributed by atoms with Crippen molar-refractivity contribution in [1.29, 1.82) is 0 Å². The van der Waals surface area contributed by atoms with Crippen LogP contribution in [0, 0.1) is 81.8 Å². The van der Waals surface area contributed by atoms with Crippen LogP contribution in [-0.2, 0) is 0 Å². The molecule has 2 spiro atoms. The highest BCUT2D eigenvalue weighted by Gasteiger charge is 3.10. The van der Waals surface area contributed by atoms with Gasteiger partial charge in [0.25, 0.3) is 0 Å². The van der Waals surface area contributed by atoms with Gasteiger partial charge in [-0.25, -0.2) is 0 Å². The van der Waals surface area contributed by atoms with Crippen LogP contribution in [0.4, 0.5) is 0 Å². The van der Waals surface area contributed by atoms with Crippen molar-refractivity contribution >= 4 is 63.7 Å². The first-order valence-corrected chi connectivity index (χ1v) is 13.6. The van der Waals surface area contributed by atoms with Crippen LogP contribution >= 0.6 is 63.7 Å². The van der Waals surface area contributed by atoms with E-state index in [1.165, 1.54) is 0 Å². The van der Waals surface area contributed by atoms with Gasteiger partial charge in [-0.05, 0) is 83.9 Å². The van der Waals surface area contributed by atoms with Gasteiger partial charge >= 0.3 is 0 Å². The molecule has 0 aromatic rings. The molecule has 0 aromatic heterocycles. The lowest BCUT2D eigenvalue weighted by atomic mass is 9.51. The third-order valence-corrected chi connectivity index (χ3v) is 18.8. The van der Waals surface area contributed by atoms with E-state index < -0.39 is 0 Å². The Balaban J connectivity index is 1.56. The molecule has 10 aliphatic rings. The molecule has 10 saturated carbocycles. The van der Waals surface area contributed by atoms with E-state index in [1.54, 1.807) is 12.8 Å². The third kappa shape index (κ3) is 0.633. The molecule has 24 heavy (non-hydrogen) atoms. The summed E-state index contributed by atoms with van der Waals surface area (Å²) in [5, 5.41) is 0. The molecule has 10 fully saturated rings. The summed E-state index contributed by atoms with van der Waals surface area (Å²) in [7, 11) is 0. The monoisotopic (exact) mass is 574 g/mol. The molecule has 10 aliphatic carbocycles. The normalized spacial score (nSPS) is 97.5. The summed E-state index contributed by atoms with van der Waals surface area (Å²) in [6.07, 6.45) is 3.20. The Labute approximate surface area is 175 Å². The maximum atomic E-state index is 4.73. The minimum atomic E-state index is 0.493. The lowest BCUT2D eigenvalue weighted by molar-refractivity contribution is -0.0472. The summed E-state index contributed by atoms with van der Waals surface area (Å²) < 4.78 is 0.987. The average molecular weight is 578 g/mol. The van der Waals surface area contributed by atoms with Crippen molar-refractivity contribution in [3.63, 3.8) is 0 Å². The first-order valence-electron chi connectivity index (χ1n) is 10.2. The second-order valence-corrected chi connectivity index (χ2v) is 16.2. The van der Waals surface area contributed by atoms with Crippen LogP contribution in [0.25, 0.3) is 0 Å². The van der Waals surface area contributed by atoms with Crippen molar-refractivity contribution in [3.8, 4) is 0 Å². The third-order valence-electron chi connectivity index (χ3n) is 13.0. The molecule has 4 heteroatoms. The first kappa shape index (κ1) is 13.2. The Morgan fingerprint density at radius 2 is 0.958 bits per heavy atom. The minimum Gasteiger partial charge on any atom is -0.0884 e. The lowest BCUT2D eigenvalue weighted by Gasteiger charge is -2.55. The van der Waals surface area contributed by atoms with E-state index in [0.717, 1.165) is 80.7 Å². The molecule has 4 bridgehead atoms. The molecule has 10 rings (SSSR count). The molecular weight excluding hydrogens is 560 g/mol. The van der Waals surface area contributed by atoms with E-state index in [2.05, 4.69) is 31.9 Å². The predicted molar refractivity (Wildman–Crippen MR) is 105 cm³/mol. The number of rotatable bonds is 0. The number of halogens is 4. The van der Waals surface area contributed by atoms with Gasteiger partial charge < -0.3 is 0 Å². The Morgan fingerprint density at radius 1 is 0.542 bits per heavy atom. The summed E-state index contributed by atoms with van der Waals surface area (Å²) in [6.45, 7) is 0. The fourth-order valence-electron chi connectivity index (χ4n) is 14.6. The van der Waals surface area contributed by atoms with Crippen LogP contribution in [0.15, 0.2) is 0 Å². The maximum absolute atomic E-state index is 4.73. The highest BCUT2D eigenvalue weighted by molar-refractivity contribution is 9.11. The molecule has 126 valence electrons. The van der Waals surface area contributed by atoms with Crippen LogP contribution in [0.1, 0.15) is 12.8 Å². The molecule has 0 radical (unpaired) electrons. The average Bonchev–Trinajstić information content (AvgIpc) is 3.29. The number of hydrogen-bond donors (Lipinski definition) is 0. The molecule has 0 saturated heterocycles. The Kier molecular flexibility index (Phi) is 1.60. The van der Waals surface area contributed by atoms with Gasteiger partial charge in [-0.15, -0.1) is 0 Å². The smallest absolute Gasteiger partial charge is 0.0398 e. The fourth-order valence-corrected chi connectivity index (χ4v) is 22.3. The van der Waals surface area contributed by atoms with E-state index >= 15 is 0 Å². The molecule has 0 N–H and O–H groups in total. The second-order valence-electron chi connectivity index (χ2n) is 11.5. The zero-order valence-electron chi connectivity index (χ0n) is 13.0. The largest absolute Gasteiger partial charge is 0.0884 e. The van der Waals surface area contributed by atoms with Crippen LogP contribution < -0.4 is 0 Å². The van der Waals surface area contributed by atoms with E-state index in [9.17, 15) is 0 Å². The summed E-state index contributed by atoms with van der Waals surface area (Å²) >= 11 is 18.2. The van der Waals surface area contributed by atoms with Crippen LogP contribution in [0.3, 0.4) is 0 Å². The Morgan fingerprint density at radius 3 is 1.46 bits per heavy atom. The standard InChI is InChI=1S/C20H18Br4/c21-15-11-9-10-12(15)18-4-1-3-7-5-2-6(8(4)7)20(18,24)14(10)16(22)13(9)19(5,23)17(3,11)18/h3-16H,1-2H2/t3-,4+,5+,6-,7+,8-,9-,10-,11-,12+,13+,14-,15?,16?,17?,18?,19-,20-/m0/s1. The van der Waals surface area contributed by atoms with Crippen molar-refractivity contribution in [2.75, 3.05) is 0 Å². The first-order chi connectivity index (χ1) is 11.5. The fraction of sp³-hybridized carbons (Fsp3) is 1.00. The van der Waals surface area contributed by atoms with Gasteiger partial charge in [0.1, 0.15) is 0 Å². The Hall–Kier alpha value is 1.92. The zero-order chi connectivity index (χ0) is 15.5. The van der Waals surface area contributed by atoms with Gasteiger partial charge in [-0.3, -0.25) is 0 Å². The van der Waals surface area contributed by atoms with Gasteiger partial charge in [0.15, 0.2) is 0 Å². The van der Waals surface area contributed by atoms with Crippen molar-refractivity contribution in [1.82, 2.24) is 0 Å². The zero-order valence-corrected chi connectivity index (χ0v) is 19.4. The Bertz CT molecular complexity index is 779. The number of fused-ring (bicyclic) bond motifs is 4. The van der Waals surface area contributed by atoms with Gasteiger partial charge in [0, 0.05) is 29.1 Å². The van der Waals surface area contributed by atoms with Gasteiger partial charge in [0.05, 0.1) is 0 Å². The highest BCUT2D eigenvalue weighted by atomic mass is 79.9. The van der Waals surface area contributed by atoms with Crippen molar-refractivity contribution in [2.24, 2.45) is 81.8 Å². The van der Waals surface area contributed by atoms with Gasteiger partial charge in [-0.2, -0.15) is 0 Å². The molecule has 0 aliphatic heterocycles. The van der Waals surface area contributed by atoms with E-state index in [0.29, 0.717) is 19.5 Å². The summed E-state index contributed by atoms with van der Waals surface area (Å²) in [5.74, 6) is 12.3. The van der Waals surface area contributed by atoms with E-state index in [4.69, 9.17) is 31.9 Å². The van der Waals surface area contributed by atoms with Crippen LogP contribution in [0.2, 0.25) is 0 Å². The molecule has 0 amide bonds. The summed E-state index contributed by atoms with van der Waals surface area (Å²) in [4.78, 5) is 1.62. The minimum absolute atomic E-state index is 0.493. The van der Waals surface area contributed by atoms with Gasteiger partial charge in [0.2, 0.25) is 0 Å². The second kappa shape index (κ2) is 2.92. The summed E-state index contributed by atoms with van der Waals surface area (Å²) in [5.41, 5.74) is 1.32. The molecule has 0 nitrogen and oxygen atoms in total. The topological polar surface area (TPSA) is 0 Å². The SMILES string of the molecule is BrC1[C@@H]2[C@@H]3[C@@H]4[C@H]5C(Br)[C@@H]3[C@@]3(Br)[C@@H]6C[C@H]7[C@H]8[C@@H]6[C@@H]6C[C@H]8C([C@@H]14)(C263)[C@@]57Br. The highest BCUT2D eigenvalue weighted by Crippen LogP contribution is 3.10. The van der Waals surface area contributed by atoms with Crippen molar-refractivity contribution in [2.45, 2.75) is 31.1 Å². The van der Waals surface area contributed by atoms with Crippen molar-refractivity contribution in [3.05, 3.63) is 0 Å². The molecule has 0 aromatic carbocycles. The van der Waals surface area contributed by atoms with Crippen LogP contribution in [-0.4, -0.2) is 18.3 Å². The lowest BCUT2D eigenvalue weighted by Crippen LogP contribution is -2.57. The van der Waals surface area contributed by atoms with Gasteiger partial charge in [-0.1, -0.05) is 63.7 Å². The van der Waals surface area contributed by atoms with E-state index in [1.807, 2.05) is 0 Å². The van der Waals surface area contributed by atoms with E-state index in [-0.39, 0.29) is 0 Å². The van der Waals surface area contributed by atoms with Crippen LogP contribution in [0.5, 0.6) is 0 Å². The maximum Gasteiger partial charge on any atom is 0.0398 e. The predicted octanol–water partition coefficient (Wildman–Crippen LogP) is 5.06. The number of alkyl halides is 4. The molecule has 0 heterocycles. The quantitative estimate of drug-likeness (QED) is 0.353. The van der Waals surface area contributed by atoms with Crippen molar-refractivity contribution < 1.29 is 0 Å². The molecule has 18 atom stereocenters. The number of hydrogen-bond acceptors (Lipinski definition) is 0.